The van der Waals surface area contributed by atoms with E-state index in [1.807, 2.05) is 0 Å². The summed E-state index contributed by atoms with van der Waals surface area (Å²) in [5, 5.41) is 21.0. The number of carbonyl (C=O) groups excluding carboxylic acids is 2. The first-order chi connectivity index (χ1) is 14.9. The largest absolute Gasteiger partial charge is 0.508 e. The minimum absolute atomic E-state index is 0.0374. The van der Waals surface area contributed by atoms with E-state index in [1.165, 1.54) is 35.2 Å². The van der Waals surface area contributed by atoms with Gasteiger partial charge in [0.1, 0.15) is 17.3 Å². The molecule has 31 heavy (non-hydrogen) atoms. The van der Waals surface area contributed by atoms with E-state index in [0.717, 1.165) is 5.56 Å². The Labute approximate surface area is 177 Å². The van der Waals surface area contributed by atoms with E-state index in [9.17, 15) is 24.2 Å². The van der Waals surface area contributed by atoms with Crippen LogP contribution >= 0.6 is 0 Å². The number of phenolic OH excluding ortho intramolecular Hbond substituents is 1. The van der Waals surface area contributed by atoms with Crippen LogP contribution in [0.1, 0.15) is 28.3 Å². The number of aliphatic hydroxyl groups excluding tert-OH is 1. The Balaban J connectivity index is 1.88. The first kappa shape index (κ1) is 20.3. The third-order valence-corrected chi connectivity index (χ3v) is 5.26. The third-order valence-electron chi connectivity index (χ3n) is 5.26. The third kappa shape index (κ3) is 3.77. The molecule has 7 heteroatoms. The number of amides is 1. The molecule has 0 bridgehead atoms. The zero-order chi connectivity index (χ0) is 22.1. The molecule has 0 saturated carbocycles. The molecule has 2 aromatic carbocycles. The van der Waals surface area contributed by atoms with Gasteiger partial charge < -0.3 is 15.1 Å². The fraction of sp³-hybridized carbons (Fsp3) is 0.125. The molecule has 2 N–H and O–H groups in total. The highest BCUT2D eigenvalue weighted by Crippen LogP contribution is 2.41. The Bertz CT molecular complexity index is 1210. The van der Waals surface area contributed by atoms with Gasteiger partial charge in [0.25, 0.3) is 11.7 Å². The second kappa shape index (κ2) is 8.02. The van der Waals surface area contributed by atoms with Crippen LogP contribution in [0.25, 0.3) is 5.76 Å². The average Bonchev–Trinajstić information content (AvgIpc) is 3.01. The normalized spacial score (nSPS) is 17.9. The summed E-state index contributed by atoms with van der Waals surface area (Å²) in [6.07, 6.45) is 3.16. The number of carbonyl (C=O) groups is 2. The predicted molar refractivity (Wildman–Crippen MR) is 111 cm³/mol. The van der Waals surface area contributed by atoms with Gasteiger partial charge in [0.05, 0.1) is 11.6 Å². The molecule has 1 unspecified atom stereocenters. The summed E-state index contributed by atoms with van der Waals surface area (Å²) < 4.78 is 13.7. The van der Waals surface area contributed by atoms with Crippen molar-refractivity contribution in [1.29, 1.82) is 0 Å². The van der Waals surface area contributed by atoms with Gasteiger partial charge in [-0.15, -0.1) is 0 Å². The van der Waals surface area contributed by atoms with Crippen LogP contribution in [0.4, 0.5) is 4.39 Å². The van der Waals surface area contributed by atoms with Gasteiger partial charge in [-0.25, -0.2) is 4.39 Å². The number of aromatic hydroxyl groups is 1. The van der Waals surface area contributed by atoms with Crippen LogP contribution in [0.2, 0.25) is 0 Å². The van der Waals surface area contributed by atoms with Crippen molar-refractivity contribution >= 4 is 17.4 Å². The monoisotopic (exact) mass is 418 g/mol. The lowest BCUT2D eigenvalue weighted by atomic mass is 9.94. The van der Waals surface area contributed by atoms with Crippen LogP contribution in [0.5, 0.6) is 5.75 Å². The number of aryl methyl sites for hydroxylation is 1. The van der Waals surface area contributed by atoms with Gasteiger partial charge in [-0.3, -0.25) is 14.6 Å². The van der Waals surface area contributed by atoms with E-state index in [2.05, 4.69) is 4.98 Å². The molecule has 0 aliphatic carbocycles. The Kier molecular flexibility index (Phi) is 5.25. The van der Waals surface area contributed by atoms with Gasteiger partial charge in [-0.05, 0) is 66.1 Å². The van der Waals surface area contributed by atoms with Crippen LogP contribution in [-0.4, -0.2) is 31.8 Å². The number of ketones is 1. The van der Waals surface area contributed by atoms with Crippen molar-refractivity contribution in [3.8, 4) is 5.75 Å². The summed E-state index contributed by atoms with van der Waals surface area (Å²) in [5.41, 5.74) is 1.62. The van der Waals surface area contributed by atoms with Crippen molar-refractivity contribution in [2.45, 2.75) is 19.5 Å². The van der Waals surface area contributed by atoms with Gasteiger partial charge in [0, 0.05) is 24.5 Å². The smallest absolute Gasteiger partial charge is 0.295 e. The number of hydrogen-bond donors (Lipinski definition) is 2. The zero-order valence-electron chi connectivity index (χ0n) is 16.6. The van der Waals surface area contributed by atoms with Gasteiger partial charge in [0.15, 0.2) is 0 Å². The maximum atomic E-state index is 13.7. The fourth-order valence-electron chi connectivity index (χ4n) is 3.72. The molecular weight excluding hydrogens is 399 g/mol. The van der Waals surface area contributed by atoms with Gasteiger partial charge >= 0.3 is 0 Å². The molecule has 1 saturated heterocycles. The first-order valence-electron chi connectivity index (χ1n) is 9.59. The Morgan fingerprint density at radius 1 is 1.10 bits per heavy atom. The highest BCUT2D eigenvalue weighted by molar-refractivity contribution is 6.46. The number of halogens is 1. The quantitative estimate of drug-likeness (QED) is 0.382. The van der Waals surface area contributed by atoms with E-state index in [0.29, 0.717) is 11.1 Å². The van der Waals surface area contributed by atoms with Gasteiger partial charge in [0.2, 0.25) is 0 Å². The zero-order valence-corrected chi connectivity index (χ0v) is 16.6. The van der Waals surface area contributed by atoms with Crippen molar-refractivity contribution in [2.24, 2.45) is 0 Å². The Hall–Kier alpha value is -4.00. The lowest BCUT2D eigenvalue weighted by molar-refractivity contribution is -0.140. The van der Waals surface area contributed by atoms with E-state index < -0.39 is 29.3 Å². The van der Waals surface area contributed by atoms with Gasteiger partial charge in [-0.2, -0.15) is 0 Å². The van der Waals surface area contributed by atoms with Crippen molar-refractivity contribution in [3.63, 3.8) is 0 Å². The Morgan fingerprint density at radius 3 is 2.52 bits per heavy atom. The molecule has 2 heterocycles. The molecule has 4 rings (SSSR count). The second-order valence-electron chi connectivity index (χ2n) is 7.34. The first-order valence-corrected chi connectivity index (χ1v) is 9.59. The molecule has 1 amide bonds. The number of phenols is 1. The van der Waals surface area contributed by atoms with Crippen molar-refractivity contribution in [1.82, 2.24) is 9.88 Å². The fourth-order valence-corrected chi connectivity index (χ4v) is 3.72. The molecule has 1 atom stereocenters. The van der Waals surface area contributed by atoms with Gasteiger partial charge in [-0.1, -0.05) is 12.1 Å². The molecule has 0 radical (unpaired) electrons. The molecule has 1 aromatic heterocycles. The number of aliphatic hydroxyl groups is 1. The molecule has 6 nitrogen and oxygen atoms in total. The predicted octanol–water partition coefficient (Wildman–Crippen LogP) is 3.86. The van der Waals surface area contributed by atoms with Crippen LogP contribution in [0.15, 0.2) is 72.6 Å². The Morgan fingerprint density at radius 2 is 1.84 bits per heavy atom. The number of Topliss-reactive ketones (excluding diaryl/α,β-unsaturated/α-hetero) is 1. The molecule has 0 spiro atoms. The number of aromatic nitrogens is 1. The van der Waals surface area contributed by atoms with Crippen LogP contribution in [0, 0.1) is 12.7 Å². The number of nitrogens with zero attached hydrogens (tertiary/aromatic N) is 2. The summed E-state index contributed by atoms with van der Waals surface area (Å²) in [7, 11) is 0. The molecule has 1 aliphatic rings. The standard InChI is InChI=1S/C24H19FN2O4/c1-14-11-17(5-6-19(14)25)22(29)20-21(16-3-2-4-18(28)12-16)27(24(31)23(20)30)13-15-7-9-26-10-8-15/h2-12,21,28-29H,13H2,1H3/b22-20-. The van der Waals surface area contributed by atoms with Crippen molar-refractivity contribution < 1.29 is 24.2 Å². The number of hydrogen-bond acceptors (Lipinski definition) is 5. The summed E-state index contributed by atoms with van der Waals surface area (Å²) in [6, 6.07) is 12.7. The average molecular weight is 418 g/mol. The minimum atomic E-state index is -0.925. The topological polar surface area (TPSA) is 90.7 Å². The molecular formula is C24H19FN2O4. The highest BCUT2D eigenvalue weighted by Gasteiger charge is 2.46. The van der Waals surface area contributed by atoms with Crippen LogP contribution in [0.3, 0.4) is 0 Å². The summed E-state index contributed by atoms with van der Waals surface area (Å²) >= 11 is 0. The minimum Gasteiger partial charge on any atom is -0.508 e. The number of benzene rings is 2. The molecule has 156 valence electrons. The maximum absolute atomic E-state index is 13.7. The SMILES string of the molecule is Cc1cc(/C(O)=C2/C(=O)C(=O)N(Cc3ccncc3)C2c2cccc(O)c2)ccc1F. The maximum Gasteiger partial charge on any atom is 0.295 e. The number of rotatable bonds is 4. The van der Waals surface area contributed by atoms with Crippen LogP contribution < -0.4 is 0 Å². The van der Waals surface area contributed by atoms with E-state index in [-0.39, 0.29) is 23.4 Å². The van der Waals surface area contributed by atoms with E-state index in [1.54, 1.807) is 43.6 Å². The lowest BCUT2D eigenvalue weighted by Gasteiger charge is -2.25. The van der Waals surface area contributed by atoms with Crippen molar-refractivity contribution in [3.05, 3.63) is 101 Å². The van der Waals surface area contributed by atoms with E-state index >= 15 is 0 Å². The second-order valence-corrected chi connectivity index (χ2v) is 7.34. The molecule has 3 aromatic rings. The molecule has 1 fully saturated rings. The summed E-state index contributed by atoms with van der Waals surface area (Å²) in [5.74, 6) is -2.50. The summed E-state index contributed by atoms with van der Waals surface area (Å²) in [4.78, 5) is 31.2. The lowest BCUT2D eigenvalue weighted by Crippen LogP contribution is -2.29. The van der Waals surface area contributed by atoms with Crippen LogP contribution in [-0.2, 0) is 16.1 Å². The highest BCUT2D eigenvalue weighted by atomic mass is 19.1. The number of likely N-dealkylation sites (tertiary alicyclic amines) is 1. The molecule has 1 aliphatic heterocycles. The van der Waals surface area contributed by atoms with E-state index in [4.69, 9.17) is 0 Å². The summed E-state index contributed by atoms with van der Waals surface area (Å²) in [6.45, 7) is 1.65. The number of pyridine rings is 1. The van der Waals surface area contributed by atoms with Crippen molar-refractivity contribution in [2.75, 3.05) is 0 Å².